The van der Waals surface area contributed by atoms with Crippen LogP contribution in [0.5, 0.6) is 0 Å². The number of anilines is 2. The number of halogens is 3. The molecule has 2 N–H and O–H groups in total. The average molecular weight is 825 g/mol. The van der Waals surface area contributed by atoms with Gasteiger partial charge in [-0.3, -0.25) is 9.69 Å². The normalized spacial score (nSPS) is 16.0. The van der Waals surface area contributed by atoms with E-state index in [1.165, 1.54) is 32.8 Å². The third-order valence-corrected chi connectivity index (χ3v) is 12.2. The van der Waals surface area contributed by atoms with Crippen molar-refractivity contribution in [2.45, 2.75) is 45.6 Å². The molecule has 8 nitrogen and oxygen atoms in total. The second kappa shape index (κ2) is 17.8. The Morgan fingerprint density at radius 3 is 2.32 bits per heavy atom. The number of piperazine rings is 1. The van der Waals surface area contributed by atoms with E-state index in [2.05, 4.69) is 26.7 Å². The van der Waals surface area contributed by atoms with Crippen molar-refractivity contribution in [1.29, 1.82) is 0 Å². The Kier molecular flexibility index (Phi) is 12.7. The Bertz CT molecular complexity index is 2310. The van der Waals surface area contributed by atoms with Gasteiger partial charge < -0.3 is 24.8 Å². The fourth-order valence-electron chi connectivity index (χ4n) is 8.43. The summed E-state index contributed by atoms with van der Waals surface area (Å²) in [4.78, 5) is 38.2. The van der Waals surface area contributed by atoms with Crippen LogP contribution in [-0.4, -0.2) is 66.5 Å². The first kappa shape index (κ1) is 40.5. The molecule has 1 saturated heterocycles. The maximum absolute atomic E-state index is 15.0. The van der Waals surface area contributed by atoms with Gasteiger partial charge in [0, 0.05) is 64.3 Å². The summed E-state index contributed by atoms with van der Waals surface area (Å²) in [6.45, 7) is 12.9. The van der Waals surface area contributed by atoms with Crippen molar-refractivity contribution in [1.82, 2.24) is 14.8 Å². The van der Waals surface area contributed by atoms with E-state index in [4.69, 9.17) is 39.5 Å². The zero-order valence-corrected chi connectivity index (χ0v) is 34.9. The fraction of sp³-hybridized carbons (Fsp3) is 0.304. The lowest BCUT2D eigenvalue weighted by Crippen LogP contribution is -2.47. The number of nitrogens with zero attached hydrogens (tertiary/aromatic N) is 3. The van der Waals surface area contributed by atoms with Gasteiger partial charge in [0.05, 0.1) is 35.8 Å². The molecule has 0 spiro atoms. The predicted molar refractivity (Wildman–Crippen MR) is 235 cm³/mol. The van der Waals surface area contributed by atoms with Crippen LogP contribution in [0.1, 0.15) is 83.1 Å². The molecular weight excluding hydrogens is 777 g/mol. The number of ether oxygens (including phenoxy) is 1. The molecule has 1 aliphatic carbocycles. The Hall–Kier alpha value is -4.73. The van der Waals surface area contributed by atoms with E-state index in [1.807, 2.05) is 85.5 Å². The van der Waals surface area contributed by atoms with Crippen LogP contribution in [0.4, 0.5) is 11.4 Å². The van der Waals surface area contributed by atoms with E-state index in [1.54, 1.807) is 24.4 Å². The van der Waals surface area contributed by atoms with Crippen molar-refractivity contribution >= 4 is 80.2 Å². The van der Waals surface area contributed by atoms with Crippen molar-refractivity contribution in [2.24, 2.45) is 5.92 Å². The van der Waals surface area contributed by atoms with Gasteiger partial charge >= 0.3 is 5.97 Å². The van der Waals surface area contributed by atoms with Crippen LogP contribution < -0.4 is 10.2 Å². The van der Waals surface area contributed by atoms with E-state index in [0.717, 1.165) is 72.1 Å². The molecule has 296 valence electrons. The molecule has 1 unspecified atom stereocenters. The van der Waals surface area contributed by atoms with Gasteiger partial charge in [-0.2, -0.15) is 0 Å². The van der Waals surface area contributed by atoms with Gasteiger partial charge in [-0.25, -0.2) is 4.79 Å². The molecule has 5 aromatic rings. The number of fused-ring (bicyclic) bond motifs is 1. The average Bonchev–Trinajstić information content (AvgIpc) is 3.87. The van der Waals surface area contributed by atoms with Gasteiger partial charge in [-0.05, 0) is 98.0 Å². The number of carbonyl (C=O) groups is 2. The lowest BCUT2D eigenvalue weighted by Gasteiger charge is -2.38. The fourth-order valence-corrected chi connectivity index (χ4v) is 9.16. The number of H-pyrrole nitrogens is 1. The number of benzene rings is 4. The van der Waals surface area contributed by atoms with Gasteiger partial charge in [-0.15, -0.1) is 0 Å². The minimum absolute atomic E-state index is 0.314. The standard InChI is InChI=1S/C46H48Cl3N5O3/c1-5-54(30(3)36-18-16-34(47)26-38(36)49)44(29(2)32-13-7-6-8-14-32)42-37-19-17-35(48)27-39(37)50-43(42)45(55)51-40-25-33(46(56)57-4)15-20-41(40)53-23-21-52(22-24-53)28-31-11-9-10-12-31/h5-8,13-20,25-27,30-31,50H,1,9-12,21-24,28H2,2-4H3,(H,51,55)/b44-29+. The lowest BCUT2D eigenvalue weighted by atomic mass is 9.95. The van der Waals surface area contributed by atoms with Gasteiger partial charge in [-0.1, -0.05) is 96.7 Å². The molecule has 1 saturated carbocycles. The highest BCUT2D eigenvalue weighted by Crippen LogP contribution is 2.43. The van der Waals surface area contributed by atoms with Gasteiger partial charge in [0.25, 0.3) is 5.91 Å². The van der Waals surface area contributed by atoms with Crippen molar-refractivity contribution in [3.05, 3.63) is 141 Å². The van der Waals surface area contributed by atoms with Gasteiger partial charge in [0.1, 0.15) is 5.69 Å². The van der Waals surface area contributed by atoms with Crippen molar-refractivity contribution in [2.75, 3.05) is 50.1 Å². The molecular formula is C46H48Cl3N5O3. The summed E-state index contributed by atoms with van der Waals surface area (Å²) >= 11 is 19.7. The number of nitrogens with one attached hydrogen (secondary N) is 2. The largest absolute Gasteiger partial charge is 0.465 e. The molecule has 2 aliphatic rings. The molecule has 2 heterocycles. The maximum Gasteiger partial charge on any atom is 0.337 e. The van der Waals surface area contributed by atoms with Crippen molar-refractivity contribution < 1.29 is 14.3 Å². The van der Waals surface area contributed by atoms with Crippen molar-refractivity contribution in [3.63, 3.8) is 0 Å². The summed E-state index contributed by atoms with van der Waals surface area (Å²) in [6.07, 6.45) is 7.05. The van der Waals surface area contributed by atoms with E-state index in [-0.39, 0.29) is 11.9 Å². The molecule has 1 aliphatic heterocycles. The molecule has 1 aromatic heterocycles. The van der Waals surface area contributed by atoms with E-state index >= 15 is 4.79 Å². The first-order valence-corrected chi connectivity index (χ1v) is 20.6. The smallest absolute Gasteiger partial charge is 0.337 e. The number of methoxy groups -OCH3 is 1. The second-order valence-electron chi connectivity index (χ2n) is 15.0. The topological polar surface area (TPSA) is 80.9 Å². The molecule has 7 rings (SSSR count). The summed E-state index contributed by atoms with van der Waals surface area (Å²) in [6, 6.07) is 26.1. The van der Waals surface area contributed by atoms with Crippen LogP contribution in [0, 0.1) is 5.92 Å². The van der Waals surface area contributed by atoms with Crippen LogP contribution in [-0.2, 0) is 4.74 Å². The number of carbonyl (C=O) groups excluding carboxylic acids is 2. The zero-order valence-electron chi connectivity index (χ0n) is 32.6. The highest BCUT2D eigenvalue weighted by molar-refractivity contribution is 6.35. The first-order valence-electron chi connectivity index (χ1n) is 19.5. The molecule has 57 heavy (non-hydrogen) atoms. The highest BCUT2D eigenvalue weighted by Gasteiger charge is 2.31. The molecule has 2 fully saturated rings. The lowest BCUT2D eigenvalue weighted by molar-refractivity contribution is 0.0600. The quantitative estimate of drug-likeness (QED) is 0.122. The number of esters is 1. The van der Waals surface area contributed by atoms with Crippen LogP contribution >= 0.6 is 34.8 Å². The Balaban J connectivity index is 1.33. The highest BCUT2D eigenvalue weighted by atomic mass is 35.5. The van der Waals surface area contributed by atoms with Crippen molar-refractivity contribution in [3.8, 4) is 0 Å². The Morgan fingerprint density at radius 1 is 0.930 bits per heavy atom. The molecule has 0 radical (unpaired) electrons. The first-order chi connectivity index (χ1) is 27.6. The van der Waals surface area contributed by atoms with Crippen LogP contribution in [0.3, 0.4) is 0 Å². The summed E-state index contributed by atoms with van der Waals surface area (Å²) in [5.74, 6) is -0.0988. The summed E-state index contributed by atoms with van der Waals surface area (Å²) in [7, 11) is 1.35. The van der Waals surface area contributed by atoms with E-state index in [9.17, 15) is 4.79 Å². The monoisotopic (exact) mass is 823 g/mol. The molecule has 4 aromatic carbocycles. The van der Waals surface area contributed by atoms with E-state index < -0.39 is 5.97 Å². The molecule has 1 amide bonds. The Labute approximate surface area is 350 Å². The number of rotatable bonds is 12. The summed E-state index contributed by atoms with van der Waals surface area (Å²) in [5.41, 5.74) is 6.80. The third-order valence-electron chi connectivity index (χ3n) is 11.4. The number of hydrogen-bond donors (Lipinski definition) is 2. The van der Waals surface area contributed by atoms with Crippen LogP contribution in [0.15, 0.2) is 97.7 Å². The zero-order chi connectivity index (χ0) is 40.2. The molecule has 0 bridgehead atoms. The summed E-state index contributed by atoms with van der Waals surface area (Å²) < 4.78 is 5.10. The second-order valence-corrected chi connectivity index (χ2v) is 16.2. The van der Waals surface area contributed by atoms with Crippen LogP contribution in [0.25, 0.3) is 22.2 Å². The number of aromatic nitrogens is 1. The SMILES string of the molecule is C=CN(/C(=C(\C)c1ccccc1)c1c(C(=O)Nc2cc(C(=O)OC)ccc2N2CCN(CC3CCCC3)CC2)[nH]c2cc(Cl)ccc12)C(C)c1ccc(Cl)cc1Cl. The predicted octanol–water partition coefficient (Wildman–Crippen LogP) is 11.6. The number of hydrogen-bond acceptors (Lipinski definition) is 6. The minimum atomic E-state index is -0.487. The summed E-state index contributed by atoms with van der Waals surface area (Å²) in [5, 5.41) is 5.59. The molecule has 1 atom stereocenters. The number of amides is 1. The number of allylic oxidation sites excluding steroid dienone is 1. The maximum atomic E-state index is 15.0. The van der Waals surface area contributed by atoms with Gasteiger partial charge in [0.15, 0.2) is 0 Å². The van der Waals surface area contributed by atoms with Crippen LogP contribution in [0.2, 0.25) is 15.1 Å². The third kappa shape index (κ3) is 8.75. The number of aromatic amines is 1. The molecule has 11 heteroatoms. The van der Waals surface area contributed by atoms with E-state index in [0.29, 0.717) is 43.1 Å². The van der Waals surface area contributed by atoms with Gasteiger partial charge in [0.2, 0.25) is 0 Å². The minimum Gasteiger partial charge on any atom is -0.465 e. The Morgan fingerprint density at radius 2 is 1.63 bits per heavy atom.